The molecule has 0 aliphatic heterocycles. The van der Waals surface area contributed by atoms with Crippen LogP contribution < -0.4 is 19.2 Å². The average Bonchev–Trinajstić information content (AvgIpc) is 2.67. The van der Waals surface area contributed by atoms with Crippen molar-refractivity contribution < 1.29 is 21.8 Å². The van der Waals surface area contributed by atoms with Gasteiger partial charge in [0.15, 0.2) is 0 Å². The van der Waals surface area contributed by atoms with Gasteiger partial charge in [0.25, 0.3) is 0 Å². The maximum atomic E-state index is 12.5. The quantitative estimate of drug-likeness (QED) is 0.340. The highest BCUT2D eigenvalue weighted by molar-refractivity contribution is 7.87. The molecule has 7 nitrogen and oxygen atoms in total. The predicted octanol–water partition coefficient (Wildman–Crippen LogP) is 4.35. The standard InChI is InChI=1S/C20H27ClN2O5SSi/c1-20(2,3)30(4)28-17-9-7-16(8-10-17)27-29(25,26)18-11-5-15(6-12-18)23-19(24)22-14-13-21/h5-12,30H,13-14H2,1-4H3,(H2,22,23,24). The van der Waals surface area contributed by atoms with Crippen LogP contribution in [0.2, 0.25) is 11.6 Å². The highest BCUT2D eigenvalue weighted by Gasteiger charge is 2.24. The van der Waals surface area contributed by atoms with Gasteiger partial charge in [0.2, 0.25) is 9.04 Å². The summed E-state index contributed by atoms with van der Waals surface area (Å²) in [5.41, 5.74) is 0.444. The third-order valence-corrected chi connectivity index (χ3v) is 8.86. The second-order valence-electron chi connectivity index (χ2n) is 7.73. The van der Waals surface area contributed by atoms with E-state index < -0.39 is 25.2 Å². The number of urea groups is 1. The minimum absolute atomic E-state index is 0.0247. The van der Waals surface area contributed by atoms with Crippen molar-refractivity contribution in [2.75, 3.05) is 17.7 Å². The van der Waals surface area contributed by atoms with Crippen LogP contribution in [0.25, 0.3) is 0 Å². The SMILES string of the molecule is C[SiH](Oc1ccc(OS(=O)(=O)c2ccc(NC(=O)NCCCl)cc2)cc1)C(C)(C)C. The van der Waals surface area contributed by atoms with Crippen LogP contribution in [0.3, 0.4) is 0 Å². The van der Waals surface area contributed by atoms with Gasteiger partial charge in [0.05, 0.1) is 0 Å². The van der Waals surface area contributed by atoms with E-state index in [1.807, 2.05) is 0 Å². The number of carbonyl (C=O) groups excluding carboxylic acids is 1. The van der Waals surface area contributed by atoms with E-state index in [4.69, 9.17) is 20.2 Å². The summed E-state index contributed by atoms with van der Waals surface area (Å²) in [6, 6.07) is 11.8. The lowest BCUT2D eigenvalue weighted by molar-refractivity contribution is 0.252. The van der Waals surface area contributed by atoms with Gasteiger partial charge in [-0.15, -0.1) is 11.6 Å². The number of anilines is 1. The van der Waals surface area contributed by atoms with Gasteiger partial charge >= 0.3 is 16.1 Å². The van der Waals surface area contributed by atoms with E-state index in [2.05, 4.69) is 38.0 Å². The fourth-order valence-electron chi connectivity index (χ4n) is 2.17. The van der Waals surface area contributed by atoms with E-state index in [-0.39, 0.29) is 15.7 Å². The number of nitrogens with one attached hydrogen (secondary N) is 2. The second kappa shape index (κ2) is 10.2. The lowest BCUT2D eigenvalue weighted by atomic mass is 10.3. The van der Waals surface area contributed by atoms with Gasteiger partial charge in [-0.25, -0.2) is 4.79 Å². The molecule has 30 heavy (non-hydrogen) atoms. The van der Waals surface area contributed by atoms with Crippen LogP contribution in [0.15, 0.2) is 53.4 Å². The topological polar surface area (TPSA) is 93.7 Å². The molecule has 0 aromatic heterocycles. The molecule has 2 aromatic carbocycles. The Balaban J connectivity index is 2.01. The van der Waals surface area contributed by atoms with Crippen LogP contribution in [0.4, 0.5) is 10.5 Å². The average molecular weight is 471 g/mol. The Bertz CT molecular complexity index is 945. The molecule has 0 aliphatic carbocycles. The molecule has 0 spiro atoms. The van der Waals surface area contributed by atoms with Gasteiger partial charge < -0.3 is 19.2 Å². The van der Waals surface area contributed by atoms with Crippen molar-refractivity contribution in [3.63, 3.8) is 0 Å². The molecule has 2 aromatic rings. The van der Waals surface area contributed by atoms with Crippen LogP contribution >= 0.6 is 11.6 Å². The first-order valence-corrected chi connectivity index (χ1v) is 13.6. The van der Waals surface area contributed by atoms with Crippen molar-refractivity contribution in [2.45, 2.75) is 37.3 Å². The molecule has 1 atom stereocenters. The summed E-state index contributed by atoms with van der Waals surface area (Å²) in [5.74, 6) is 1.18. The highest BCUT2D eigenvalue weighted by Crippen LogP contribution is 2.29. The second-order valence-corrected chi connectivity index (χ2v) is 12.9. The molecule has 0 saturated carbocycles. The Kier molecular flexibility index (Phi) is 8.16. The number of amides is 2. The Hall–Kier alpha value is -2.23. The molecule has 2 N–H and O–H groups in total. The third-order valence-electron chi connectivity index (χ3n) is 4.34. The first-order chi connectivity index (χ1) is 14.0. The van der Waals surface area contributed by atoms with Crippen molar-refractivity contribution in [3.05, 3.63) is 48.5 Å². The minimum atomic E-state index is -4.01. The van der Waals surface area contributed by atoms with E-state index >= 15 is 0 Å². The summed E-state index contributed by atoms with van der Waals surface area (Å²) < 4.78 is 36.2. The van der Waals surface area contributed by atoms with Crippen molar-refractivity contribution in [2.24, 2.45) is 0 Å². The number of hydrogen-bond donors (Lipinski definition) is 2. The van der Waals surface area contributed by atoms with Crippen LogP contribution in [0, 0.1) is 0 Å². The van der Waals surface area contributed by atoms with E-state index in [9.17, 15) is 13.2 Å². The first-order valence-electron chi connectivity index (χ1n) is 9.43. The van der Waals surface area contributed by atoms with Crippen molar-refractivity contribution in [1.82, 2.24) is 5.32 Å². The summed E-state index contributed by atoms with van der Waals surface area (Å²) in [4.78, 5) is 11.6. The monoisotopic (exact) mass is 470 g/mol. The predicted molar refractivity (Wildman–Crippen MR) is 122 cm³/mol. The van der Waals surface area contributed by atoms with E-state index in [1.54, 1.807) is 24.3 Å². The van der Waals surface area contributed by atoms with Gasteiger partial charge in [-0.05, 0) is 60.1 Å². The molecule has 0 fully saturated rings. The molecular formula is C20H27ClN2O5SSi. The van der Waals surface area contributed by atoms with Crippen LogP contribution in [0.5, 0.6) is 11.5 Å². The third kappa shape index (κ3) is 7.23. The summed E-state index contributed by atoms with van der Waals surface area (Å²) in [5, 5.41) is 5.25. The fraction of sp³-hybridized carbons (Fsp3) is 0.350. The molecule has 2 amide bonds. The summed E-state index contributed by atoms with van der Waals surface area (Å²) in [6.45, 7) is 8.87. The lowest BCUT2D eigenvalue weighted by Crippen LogP contribution is -2.30. The number of carbonyl (C=O) groups is 1. The minimum Gasteiger partial charge on any atom is -0.546 e. The Morgan fingerprint density at radius 3 is 2.13 bits per heavy atom. The molecule has 0 aliphatic rings. The van der Waals surface area contributed by atoms with Gasteiger partial charge in [0, 0.05) is 18.1 Å². The maximum Gasteiger partial charge on any atom is 0.339 e. The zero-order valence-corrected chi connectivity index (χ0v) is 20.2. The van der Waals surface area contributed by atoms with Gasteiger partial charge in [0.1, 0.15) is 16.4 Å². The molecule has 0 radical (unpaired) electrons. The zero-order valence-electron chi connectivity index (χ0n) is 17.4. The van der Waals surface area contributed by atoms with Gasteiger partial charge in [-0.3, -0.25) is 0 Å². The molecule has 0 saturated heterocycles. The smallest absolute Gasteiger partial charge is 0.339 e. The zero-order chi connectivity index (χ0) is 22.4. The Labute approximate surface area is 184 Å². The lowest BCUT2D eigenvalue weighted by Gasteiger charge is -2.26. The fourth-order valence-corrected chi connectivity index (χ4v) is 4.11. The van der Waals surface area contributed by atoms with E-state index in [0.717, 1.165) is 0 Å². The normalized spacial score (nSPS) is 12.7. The van der Waals surface area contributed by atoms with Crippen LogP contribution in [-0.4, -0.2) is 35.9 Å². The summed E-state index contributed by atoms with van der Waals surface area (Å²) >= 11 is 5.51. The van der Waals surface area contributed by atoms with Crippen LogP contribution in [-0.2, 0) is 10.1 Å². The Morgan fingerprint density at radius 2 is 1.60 bits per heavy atom. The van der Waals surface area contributed by atoms with Crippen LogP contribution in [0.1, 0.15) is 20.8 Å². The number of alkyl halides is 1. The summed E-state index contributed by atoms with van der Waals surface area (Å²) in [7, 11) is -5.46. The van der Waals surface area contributed by atoms with Crippen molar-refractivity contribution in [3.8, 4) is 11.5 Å². The van der Waals surface area contributed by atoms with E-state index in [1.165, 1.54) is 24.3 Å². The summed E-state index contributed by atoms with van der Waals surface area (Å²) in [6.07, 6.45) is 0. The molecule has 10 heteroatoms. The van der Waals surface area contributed by atoms with Gasteiger partial charge in [-0.2, -0.15) is 8.42 Å². The van der Waals surface area contributed by atoms with Gasteiger partial charge in [-0.1, -0.05) is 20.8 Å². The number of hydrogen-bond acceptors (Lipinski definition) is 5. The molecule has 164 valence electrons. The number of halogens is 1. The maximum absolute atomic E-state index is 12.5. The molecule has 1 unspecified atom stereocenters. The number of benzene rings is 2. The largest absolute Gasteiger partial charge is 0.546 e. The highest BCUT2D eigenvalue weighted by atomic mass is 35.5. The van der Waals surface area contributed by atoms with Crippen molar-refractivity contribution in [1.29, 1.82) is 0 Å². The van der Waals surface area contributed by atoms with E-state index in [0.29, 0.717) is 23.9 Å². The number of rotatable bonds is 8. The first kappa shape index (κ1) is 24.0. The molecule has 2 rings (SSSR count). The van der Waals surface area contributed by atoms with Crippen molar-refractivity contribution >= 4 is 42.5 Å². The molecule has 0 heterocycles. The Morgan fingerprint density at radius 1 is 1.03 bits per heavy atom. The molecular weight excluding hydrogens is 444 g/mol. The molecule has 0 bridgehead atoms.